The van der Waals surface area contributed by atoms with Crippen LogP contribution in [0.2, 0.25) is 0 Å². The maximum atomic E-state index is 13.8. The second-order valence-electron chi connectivity index (χ2n) is 12.5. The molecule has 10 nitrogen and oxygen atoms in total. The lowest BCUT2D eigenvalue weighted by atomic mass is 9.86. The first-order valence-electron chi connectivity index (χ1n) is 14.8. The average Bonchev–Trinajstić information content (AvgIpc) is 3.42. The van der Waals surface area contributed by atoms with E-state index in [9.17, 15) is 23.1 Å². The topological polar surface area (TPSA) is 138 Å². The molecule has 1 unspecified atom stereocenters. The van der Waals surface area contributed by atoms with E-state index in [1.807, 2.05) is 44.2 Å². The first kappa shape index (κ1) is 33.4. The number of thiazole rings is 1. The third-order valence-corrected chi connectivity index (χ3v) is 10.4. The SMILES string of the molecule is CC(C)OC(=O)NC1CCC(c2ncc(-c3ccc(N(C(=O)O)C(C)c4ccccc4)cc3S(=O)(=O)NC(C)(C)C)s2)CC1. The number of ether oxygens (including phenoxy) is 1. The number of nitrogens with zero attached hydrogens (tertiary/aromatic N) is 2. The van der Waals surface area contributed by atoms with Gasteiger partial charge in [-0.2, -0.15) is 0 Å². The molecule has 0 spiro atoms. The first-order chi connectivity index (χ1) is 20.6. The highest BCUT2D eigenvalue weighted by Gasteiger charge is 2.31. The van der Waals surface area contributed by atoms with Crippen molar-refractivity contribution < 1.29 is 27.9 Å². The van der Waals surface area contributed by atoms with E-state index in [0.29, 0.717) is 10.4 Å². The van der Waals surface area contributed by atoms with E-state index in [0.717, 1.165) is 36.3 Å². The van der Waals surface area contributed by atoms with Crippen molar-refractivity contribution in [2.45, 2.75) is 102 Å². The van der Waals surface area contributed by atoms with Gasteiger partial charge in [-0.25, -0.2) is 27.7 Å². The summed E-state index contributed by atoms with van der Waals surface area (Å²) in [6, 6.07) is 13.4. The highest BCUT2D eigenvalue weighted by Crippen LogP contribution is 2.41. The van der Waals surface area contributed by atoms with Gasteiger partial charge >= 0.3 is 12.2 Å². The summed E-state index contributed by atoms with van der Waals surface area (Å²) in [5.41, 5.74) is 0.727. The summed E-state index contributed by atoms with van der Waals surface area (Å²) in [6.07, 6.45) is 3.17. The number of carboxylic acid groups (broad SMARTS) is 1. The Hall–Kier alpha value is -3.48. The van der Waals surface area contributed by atoms with Crippen LogP contribution in [-0.4, -0.2) is 48.4 Å². The van der Waals surface area contributed by atoms with Crippen LogP contribution in [0.5, 0.6) is 0 Å². The quantitative estimate of drug-likeness (QED) is 0.223. The number of sulfonamides is 1. The van der Waals surface area contributed by atoms with Gasteiger partial charge in [0, 0.05) is 34.9 Å². The summed E-state index contributed by atoms with van der Waals surface area (Å²) < 4.78 is 35.5. The summed E-state index contributed by atoms with van der Waals surface area (Å²) in [6.45, 7) is 10.7. The fraction of sp³-hybridized carbons (Fsp3) is 0.469. The third kappa shape index (κ3) is 8.36. The zero-order chi connectivity index (χ0) is 32.2. The molecule has 0 radical (unpaired) electrons. The molecule has 1 aromatic heterocycles. The lowest BCUT2D eigenvalue weighted by Gasteiger charge is -2.28. The summed E-state index contributed by atoms with van der Waals surface area (Å²) in [7, 11) is -4.05. The number of amides is 2. The first-order valence-corrected chi connectivity index (χ1v) is 17.1. The number of benzene rings is 2. The molecule has 3 N–H and O–H groups in total. The highest BCUT2D eigenvalue weighted by molar-refractivity contribution is 7.89. The van der Waals surface area contributed by atoms with Crippen molar-refractivity contribution in [2.75, 3.05) is 4.90 Å². The highest BCUT2D eigenvalue weighted by atomic mass is 32.2. The van der Waals surface area contributed by atoms with Crippen LogP contribution in [0.3, 0.4) is 0 Å². The minimum atomic E-state index is -4.05. The smallest absolute Gasteiger partial charge is 0.412 e. The molecule has 1 atom stereocenters. The second-order valence-corrected chi connectivity index (χ2v) is 15.2. The molecule has 44 heavy (non-hydrogen) atoms. The number of rotatable bonds is 9. The predicted molar refractivity (Wildman–Crippen MR) is 173 cm³/mol. The molecule has 0 bridgehead atoms. The molecule has 3 aromatic rings. The molecule has 2 amide bonds. The lowest BCUT2D eigenvalue weighted by Crippen LogP contribution is -2.40. The van der Waals surface area contributed by atoms with Gasteiger partial charge in [0.1, 0.15) is 0 Å². The maximum absolute atomic E-state index is 13.8. The summed E-state index contributed by atoms with van der Waals surface area (Å²) >= 11 is 1.44. The molecular weight excluding hydrogens is 601 g/mol. The number of hydrogen-bond donors (Lipinski definition) is 3. The Morgan fingerprint density at radius 3 is 2.30 bits per heavy atom. The monoisotopic (exact) mass is 642 g/mol. The van der Waals surface area contributed by atoms with Gasteiger partial charge in [-0.15, -0.1) is 11.3 Å². The largest absolute Gasteiger partial charge is 0.465 e. The van der Waals surface area contributed by atoms with E-state index in [4.69, 9.17) is 4.74 Å². The Bertz CT molecular complexity index is 1560. The number of anilines is 1. The molecule has 1 heterocycles. The van der Waals surface area contributed by atoms with E-state index in [1.54, 1.807) is 46.0 Å². The van der Waals surface area contributed by atoms with E-state index in [2.05, 4.69) is 15.0 Å². The molecule has 0 saturated heterocycles. The molecule has 1 fully saturated rings. The van der Waals surface area contributed by atoms with E-state index < -0.39 is 33.8 Å². The lowest BCUT2D eigenvalue weighted by molar-refractivity contribution is 0.109. The van der Waals surface area contributed by atoms with E-state index in [-0.39, 0.29) is 28.6 Å². The summed E-state index contributed by atoms with van der Waals surface area (Å²) in [5.74, 6) is 0.189. The second kappa shape index (κ2) is 13.7. The molecule has 1 saturated carbocycles. The summed E-state index contributed by atoms with van der Waals surface area (Å²) in [4.78, 5) is 31.0. The van der Waals surface area contributed by atoms with Gasteiger partial charge in [0.15, 0.2) is 0 Å². The van der Waals surface area contributed by atoms with Crippen LogP contribution in [0.4, 0.5) is 15.3 Å². The van der Waals surface area contributed by atoms with E-state index in [1.165, 1.54) is 22.3 Å². The Balaban J connectivity index is 1.65. The molecule has 12 heteroatoms. The van der Waals surface area contributed by atoms with Crippen molar-refractivity contribution in [3.05, 3.63) is 65.3 Å². The Morgan fingerprint density at radius 1 is 1.05 bits per heavy atom. The number of carbonyl (C=O) groups excluding carboxylic acids is 1. The van der Waals surface area contributed by atoms with Crippen LogP contribution < -0.4 is 14.9 Å². The van der Waals surface area contributed by atoms with Crippen LogP contribution in [0.15, 0.2) is 59.6 Å². The number of hydrogen-bond acceptors (Lipinski definition) is 7. The minimum Gasteiger partial charge on any atom is -0.465 e. The van der Waals surface area contributed by atoms with Crippen molar-refractivity contribution >= 4 is 39.2 Å². The van der Waals surface area contributed by atoms with Crippen LogP contribution in [-0.2, 0) is 14.8 Å². The molecule has 2 aromatic carbocycles. The van der Waals surface area contributed by atoms with Gasteiger partial charge in [0.2, 0.25) is 10.0 Å². The van der Waals surface area contributed by atoms with Crippen molar-refractivity contribution in [1.29, 1.82) is 0 Å². The van der Waals surface area contributed by atoms with Crippen LogP contribution in [0.25, 0.3) is 10.4 Å². The van der Waals surface area contributed by atoms with Crippen molar-refractivity contribution in [3.8, 4) is 10.4 Å². The minimum absolute atomic E-state index is 0.0109. The molecule has 4 rings (SSSR count). The van der Waals surface area contributed by atoms with Gasteiger partial charge in [-0.1, -0.05) is 36.4 Å². The van der Waals surface area contributed by atoms with Gasteiger partial charge in [0.05, 0.1) is 26.9 Å². The van der Waals surface area contributed by atoms with Crippen molar-refractivity contribution in [2.24, 2.45) is 0 Å². The number of alkyl carbamates (subject to hydrolysis) is 1. The maximum Gasteiger partial charge on any atom is 0.412 e. The van der Waals surface area contributed by atoms with Gasteiger partial charge < -0.3 is 15.2 Å². The molecular formula is C32H42N4O6S2. The zero-order valence-electron chi connectivity index (χ0n) is 26.0. The van der Waals surface area contributed by atoms with Crippen molar-refractivity contribution in [3.63, 3.8) is 0 Å². The average molecular weight is 643 g/mol. The van der Waals surface area contributed by atoms with Crippen LogP contribution in [0.1, 0.15) is 89.8 Å². The van der Waals surface area contributed by atoms with Gasteiger partial charge in [0.25, 0.3) is 0 Å². The number of carbonyl (C=O) groups is 2. The Kier molecular flexibility index (Phi) is 10.4. The number of aromatic nitrogens is 1. The summed E-state index contributed by atoms with van der Waals surface area (Å²) in [5, 5.41) is 14.0. The molecule has 1 aliphatic carbocycles. The third-order valence-electron chi connectivity index (χ3n) is 7.38. The Morgan fingerprint density at radius 2 is 1.70 bits per heavy atom. The Labute approximate surface area is 263 Å². The normalized spacial score (nSPS) is 18.1. The standard InChI is InChI=1S/C32H42N4O6S2/c1-20(2)42-30(37)34-24-14-12-23(13-15-24)29-33-19-27(43-29)26-17-16-25(18-28(26)44(40,41)35-32(4,5)6)36(31(38)39)21(3)22-10-8-7-9-11-22/h7-11,16-21,23-24,35H,12-15H2,1-6H3,(H,34,37)(H,38,39). The van der Waals surface area contributed by atoms with Gasteiger partial charge in [-0.3, -0.25) is 4.90 Å². The predicted octanol–water partition coefficient (Wildman–Crippen LogP) is 7.29. The van der Waals surface area contributed by atoms with Gasteiger partial charge in [-0.05, 0) is 84.9 Å². The van der Waals surface area contributed by atoms with E-state index >= 15 is 0 Å². The molecule has 1 aliphatic rings. The molecule has 0 aliphatic heterocycles. The van der Waals surface area contributed by atoms with Crippen LogP contribution >= 0.6 is 11.3 Å². The fourth-order valence-corrected chi connectivity index (χ4v) is 8.28. The zero-order valence-corrected chi connectivity index (χ0v) is 27.7. The number of nitrogens with one attached hydrogen (secondary N) is 2. The fourth-order valence-electron chi connectivity index (χ4n) is 5.43. The van der Waals surface area contributed by atoms with Crippen molar-refractivity contribution in [1.82, 2.24) is 15.0 Å². The van der Waals surface area contributed by atoms with Crippen LogP contribution in [0, 0.1) is 0 Å². The molecule has 238 valence electrons.